The van der Waals surface area contributed by atoms with Crippen LogP contribution in [0.1, 0.15) is 40.5 Å². The summed E-state index contributed by atoms with van der Waals surface area (Å²) in [6.45, 7) is 10.6. The SMILES string of the molecule is CC(C)CCN(CCC(C)C)c1nc(N)nc(Cl)n1. The van der Waals surface area contributed by atoms with Crippen LogP contribution < -0.4 is 10.6 Å². The molecule has 0 aliphatic rings. The Hall–Kier alpha value is -1.10. The number of anilines is 2. The molecule has 19 heavy (non-hydrogen) atoms. The van der Waals surface area contributed by atoms with Gasteiger partial charge in [0.25, 0.3) is 0 Å². The summed E-state index contributed by atoms with van der Waals surface area (Å²) in [7, 11) is 0. The smallest absolute Gasteiger partial charge is 0.231 e. The third-order valence-electron chi connectivity index (χ3n) is 2.85. The zero-order valence-electron chi connectivity index (χ0n) is 12.2. The van der Waals surface area contributed by atoms with Crippen molar-refractivity contribution in [1.29, 1.82) is 0 Å². The molecule has 0 bridgehead atoms. The van der Waals surface area contributed by atoms with Crippen LogP contribution in [0.2, 0.25) is 5.28 Å². The van der Waals surface area contributed by atoms with E-state index in [0.29, 0.717) is 17.8 Å². The molecule has 2 N–H and O–H groups in total. The largest absolute Gasteiger partial charge is 0.368 e. The fourth-order valence-electron chi connectivity index (χ4n) is 1.64. The van der Waals surface area contributed by atoms with Crippen molar-refractivity contribution in [2.75, 3.05) is 23.7 Å². The highest BCUT2D eigenvalue weighted by atomic mass is 35.5. The van der Waals surface area contributed by atoms with Gasteiger partial charge in [-0.25, -0.2) is 0 Å². The molecule has 1 heterocycles. The van der Waals surface area contributed by atoms with Crippen molar-refractivity contribution in [2.24, 2.45) is 11.8 Å². The zero-order valence-corrected chi connectivity index (χ0v) is 13.0. The first-order valence-corrected chi connectivity index (χ1v) is 7.18. The van der Waals surface area contributed by atoms with Crippen molar-refractivity contribution in [3.05, 3.63) is 5.28 Å². The fourth-order valence-corrected chi connectivity index (χ4v) is 1.80. The van der Waals surface area contributed by atoms with E-state index in [9.17, 15) is 0 Å². The minimum Gasteiger partial charge on any atom is -0.368 e. The van der Waals surface area contributed by atoms with Gasteiger partial charge in [0.15, 0.2) is 0 Å². The van der Waals surface area contributed by atoms with Crippen molar-refractivity contribution < 1.29 is 0 Å². The lowest BCUT2D eigenvalue weighted by Gasteiger charge is -2.24. The van der Waals surface area contributed by atoms with E-state index in [4.69, 9.17) is 17.3 Å². The summed E-state index contributed by atoms with van der Waals surface area (Å²) in [5.74, 6) is 2.03. The van der Waals surface area contributed by atoms with E-state index < -0.39 is 0 Å². The van der Waals surface area contributed by atoms with Gasteiger partial charge < -0.3 is 10.6 Å². The third kappa shape index (κ3) is 6.05. The molecule has 0 saturated carbocycles. The number of aromatic nitrogens is 3. The summed E-state index contributed by atoms with van der Waals surface area (Å²) in [6, 6.07) is 0. The second-order valence-electron chi connectivity index (χ2n) is 5.61. The van der Waals surface area contributed by atoms with Gasteiger partial charge in [-0.3, -0.25) is 0 Å². The summed E-state index contributed by atoms with van der Waals surface area (Å²) < 4.78 is 0. The van der Waals surface area contributed by atoms with Crippen LogP contribution in [-0.2, 0) is 0 Å². The van der Waals surface area contributed by atoms with Crippen LogP contribution in [0.15, 0.2) is 0 Å². The molecule has 0 atom stereocenters. The van der Waals surface area contributed by atoms with E-state index in [2.05, 4.69) is 47.5 Å². The summed E-state index contributed by atoms with van der Waals surface area (Å²) in [5, 5.41) is 0.154. The van der Waals surface area contributed by atoms with Crippen LogP contribution in [0.25, 0.3) is 0 Å². The van der Waals surface area contributed by atoms with E-state index in [1.54, 1.807) is 0 Å². The minimum atomic E-state index is 0.154. The number of rotatable bonds is 7. The Balaban J connectivity index is 2.80. The highest BCUT2D eigenvalue weighted by Crippen LogP contribution is 2.15. The van der Waals surface area contributed by atoms with Crippen LogP contribution in [0.3, 0.4) is 0 Å². The highest BCUT2D eigenvalue weighted by molar-refractivity contribution is 6.28. The van der Waals surface area contributed by atoms with Crippen molar-refractivity contribution in [2.45, 2.75) is 40.5 Å². The highest BCUT2D eigenvalue weighted by Gasteiger charge is 2.13. The Labute approximate surface area is 120 Å². The molecule has 0 radical (unpaired) electrons. The first-order valence-electron chi connectivity index (χ1n) is 6.80. The Morgan fingerprint density at radius 3 is 1.95 bits per heavy atom. The quantitative estimate of drug-likeness (QED) is 0.834. The molecular weight excluding hydrogens is 262 g/mol. The predicted molar refractivity (Wildman–Crippen MR) is 80.4 cm³/mol. The number of nitrogens with zero attached hydrogens (tertiary/aromatic N) is 4. The van der Waals surface area contributed by atoms with Crippen molar-refractivity contribution in [3.63, 3.8) is 0 Å². The molecule has 108 valence electrons. The molecule has 0 aliphatic heterocycles. The molecule has 6 heteroatoms. The van der Waals surface area contributed by atoms with E-state index in [1.165, 1.54) is 0 Å². The molecule has 0 saturated heterocycles. The van der Waals surface area contributed by atoms with Crippen molar-refractivity contribution in [3.8, 4) is 0 Å². The Kier molecular flexibility index (Phi) is 6.28. The lowest BCUT2D eigenvalue weighted by Crippen LogP contribution is -2.29. The van der Waals surface area contributed by atoms with E-state index in [0.717, 1.165) is 25.9 Å². The average molecular weight is 286 g/mol. The summed E-state index contributed by atoms with van der Waals surface area (Å²) >= 11 is 5.85. The first-order chi connectivity index (χ1) is 8.88. The van der Waals surface area contributed by atoms with Gasteiger partial charge in [-0.2, -0.15) is 15.0 Å². The molecule has 1 aromatic heterocycles. The predicted octanol–water partition coefficient (Wildman–Crippen LogP) is 3.01. The van der Waals surface area contributed by atoms with Gasteiger partial charge in [0.2, 0.25) is 17.2 Å². The molecule has 0 unspecified atom stereocenters. The Bertz CT molecular complexity index is 362. The van der Waals surface area contributed by atoms with E-state index >= 15 is 0 Å². The van der Waals surface area contributed by atoms with Gasteiger partial charge in [-0.05, 0) is 36.3 Å². The van der Waals surface area contributed by atoms with Crippen molar-refractivity contribution >= 4 is 23.5 Å². The second kappa shape index (κ2) is 7.48. The number of nitrogens with two attached hydrogens (primary N) is 1. The van der Waals surface area contributed by atoms with Gasteiger partial charge in [-0.1, -0.05) is 27.7 Å². The summed E-state index contributed by atoms with van der Waals surface area (Å²) in [4.78, 5) is 14.3. The van der Waals surface area contributed by atoms with Gasteiger partial charge >= 0.3 is 0 Å². The zero-order chi connectivity index (χ0) is 14.4. The monoisotopic (exact) mass is 285 g/mol. The van der Waals surface area contributed by atoms with Gasteiger partial charge in [0.1, 0.15) is 0 Å². The Morgan fingerprint density at radius 1 is 1.00 bits per heavy atom. The lowest BCUT2D eigenvalue weighted by molar-refractivity contribution is 0.530. The molecular formula is C13H24ClN5. The number of hydrogen-bond donors (Lipinski definition) is 1. The molecule has 0 spiro atoms. The normalized spacial score (nSPS) is 11.3. The van der Waals surface area contributed by atoms with Crippen LogP contribution in [0.5, 0.6) is 0 Å². The van der Waals surface area contributed by atoms with Crippen LogP contribution >= 0.6 is 11.6 Å². The molecule has 0 amide bonds. The molecule has 0 aromatic carbocycles. The topological polar surface area (TPSA) is 67.9 Å². The third-order valence-corrected chi connectivity index (χ3v) is 3.02. The fraction of sp³-hybridized carbons (Fsp3) is 0.769. The maximum atomic E-state index is 5.85. The van der Waals surface area contributed by atoms with E-state index in [-0.39, 0.29) is 11.2 Å². The first kappa shape index (κ1) is 16.0. The molecule has 5 nitrogen and oxygen atoms in total. The Morgan fingerprint density at radius 2 is 1.53 bits per heavy atom. The molecule has 0 fully saturated rings. The maximum absolute atomic E-state index is 5.85. The van der Waals surface area contributed by atoms with Crippen molar-refractivity contribution in [1.82, 2.24) is 15.0 Å². The maximum Gasteiger partial charge on any atom is 0.231 e. The summed E-state index contributed by atoms with van der Waals surface area (Å²) in [5.41, 5.74) is 5.64. The lowest BCUT2D eigenvalue weighted by atomic mass is 10.1. The molecule has 1 rings (SSSR count). The number of nitrogen functional groups attached to an aromatic ring is 1. The average Bonchev–Trinajstić information content (AvgIpc) is 2.26. The van der Waals surface area contributed by atoms with E-state index in [1.807, 2.05) is 0 Å². The van der Waals surface area contributed by atoms with Gasteiger partial charge in [-0.15, -0.1) is 0 Å². The van der Waals surface area contributed by atoms with Crippen LogP contribution in [0.4, 0.5) is 11.9 Å². The van der Waals surface area contributed by atoms with Crippen LogP contribution in [0, 0.1) is 11.8 Å². The van der Waals surface area contributed by atoms with Crippen LogP contribution in [-0.4, -0.2) is 28.0 Å². The molecule has 1 aromatic rings. The van der Waals surface area contributed by atoms with Gasteiger partial charge in [0, 0.05) is 13.1 Å². The second-order valence-corrected chi connectivity index (χ2v) is 5.95. The standard InChI is InChI=1S/C13H24ClN5/c1-9(2)5-7-19(8-6-10(3)4)13-17-11(14)16-12(15)18-13/h9-10H,5-8H2,1-4H3,(H2,15,16,17,18). The summed E-state index contributed by atoms with van der Waals surface area (Å²) in [6.07, 6.45) is 2.17. The minimum absolute atomic E-state index is 0.154. The number of hydrogen-bond acceptors (Lipinski definition) is 5. The number of halogens is 1. The molecule has 0 aliphatic carbocycles. The van der Waals surface area contributed by atoms with Gasteiger partial charge in [0.05, 0.1) is 0 Å².